The number of aromatic nitrogens is 3. The third kappa shape index (κ3) is 9.39. The second kappa shape index (κ2) is 20.9. The minimum Gasteiger partial charge on any atom is -0.462 e. The maximum absolute atomic E-state index is 13.4. The fourth-order valence-electron chi connectivity index (χ4n) is 11.9. The smallest absolute Gasteiger partial charge is 0.306 e. The summed E-state index contributed by atoms with van der Waals surface area (Å²) in [6.07, 6.45) is 34.3. The van der Waals surface area contributed by atoms with Gasteiger partial charge in [-0.1, -0.05) is 128 Å². The Labute approximate surface area is 465 Å². The van der Waals surface area contributed by atoms with Crippen molar-refractivity contribution in [1.29, 1.82) is 0 Å². The van der Waals surface area contributed by atoms with E-state index in [4.69, 9.17) is 19.7 Å². The number of ether oxygens (including phenoxy) is 1. The number of carbonyl (C=O) groups excluding carboxylic acids is 1. The number of rotatable bonds is 11. The van der Waals surface area contributed by atoms with Crippen LogP contribution in [0.3, 0.4) is 0 Å². The number of quaternary nitrogens is 1. The van der Waals surface area contributed by atoms with Gasteiger partial charge in [0.15, 0.2) is 0 Å². The molecule has 0 radical (unpaired) electrons. The molecule has 4 N–H and O–H groups in total. The van der Waals surface area contributed by atoms with Crippen molar-refractivity contribution in [3.05, 3.63) is 298 Å². The van der Waals surface area contributed by atoms with E-state index in [1.807, 2.05) is 18.0 Å². The average molecular weight is 1040 g/mol. The molecule has 8 bridgehead atoms. The lowest BCUT2D eigenvalue weighted by Crippen LogP contribution is -2.78. The Morgan fingerprint density at radius 3 is 1.88 bits per heavy atom. The van der Waals surface area contributed by atoms with Crippen LogP contribution in [0.1, 0.15) is 70.5 Å². The second-order valence-electron chi connectivity index (χ2n) is 21.2. The van der Waals surface area contributed by atoms with E-state index in [1.165, 1.54) is 11.1 Å². The Morgan fingerprint density at radius 1 is 0.600 bits per heavy atom. The molecular weight excluding hydrogens is 985 g/mol. The Hall–Kier alpha value is -9.77. The van der Waals surface area contributed by atoms with Crippen LogP contribution in [0.25, 0.3) is 44.7 Å². The maximum Gasteiger partial charge on any atom is 0.306 e. The molecule has 388 valence electrons. The van der Waals surface area contributed by atoms with E-state index in [0.717, 1.165) is 150 Å². The summed E-state index contributed by atoms with van der Waals surface area (Å²) < 4.78 is 6.22. The van der Waals surface area contributed by atoms with Crippen LogP contribution in [0, 0.1) is 0 Å². The monoisotopic (exact) mass is 1040 g/mol. The Balaban J connectivity index is 0.831. The van der Waals surface area contributed by atoms with Gasteiger partial charge in [-0.2, -0.15) is 0 Å². The zero-order valence-corrected chi connectivity index (χ0v) is 44.4. The molecule has 10 nitrogen and oxygen atoms in total. The number of hydrogen-bond donors (Lipinski definition) is 3. The van der Waals surface area contributed by atoms with Gasteiger partial charge in [0, 0.05) is 87.5 Å². The fraction of sp³-hybridized carbons (Fsp3) is 0.129. The largest absolute Gasteiger partial charge is 0.462 e. The number of benzene rings is 5. The molecular formula is C70H58N8O2+2. The van der Waals surface area contributed by atoms with Gasteiger partial charge in [0.2, 0.25) is 11.4 Å². The Kier molecular flexibility index (Phi) is 12.7. The molecule has 5 aromatic carbocycles. The molecule has 8 heterocycles. The van der Waals surface area contributed by atoms with Crippen molar-refractivity contribution in [1.82, 2.24) is 24.8 Å². The number of esters is 1. The first kappa shape index (κ1) is 48.6. The standard InChI is InChI=1S/C70H56N8O2/c1-77-37-32-45(33-38-77)46-34-39-78(40-35-46)36-16-6-15-25-62(79)80-53-41-51-43-60-61(44-52(51)42-53)75-70-68-66(50-23-13-5-14-24-50)59-31-29-57(73-59)64(48-19-9-3-10-20-48)55-27-26-54(71-55)63(47-17-7-2-8-18-47)56-28-30-58(72-56)65(49-21-11-4-12-22-49)67(76-68)69(70)74-60/h2-5,7-14,17-24,26-35,37-40,43-44,53,71,74H,6,15-16,25,36,41-42H2,1H3/p+2. The van der Waals surface area contributed by atoms with E-state index in [2.05, 4.69) is 233 Å². The van der Waals surface area contributed by atoms with Crippen molar-refractivity contribution in [3.8, 4) is 11.4 Å². The normalized spacial score (nSPS) is 18.1. The summed E-state index contributed by atoms with van der Waals surface area (Å²) in [5.74, 6) is -0.138. The van der Waals surface area contributed by atoms with Crippen LogP contribution in [0.15, 0.2) is 258 Å². The molecule has 0 spiro atoms. The summed E-state index contributed by atoms with van der Waals surface area (Å²) in [5, 5.41) is 2.30. The predicted octanol–water partition coefficient (Wildman–Crippen LogP) is 10.8. The fourth-order valence-corrected chi connectivity index (χ4v) is 11.9. The van der Waals surface area contributed by atoms with Gasteiger partial charge in [-0.05, 0) is 106 Å². The SMILES string of the molecule is CN1C=CC(=C2C=CN(CCCCCC(=O)OC3Cc4cc5nc6c7nc(c-6[nH]c5cc4C3)C(c3ccccc3)=C3C=CC(=[NH+]3)C(c3ccccc3)=C3C=CC(=C(c4ccccc4)C4=NC(=C7c5ccccc5)C=C4)[NH2+]3)C=C2)C=C1. The van der Waals surface area contributed by atoms with E-state index in [9.17, 15) is 4.79 Å². The first-order valence-corrected chi connectivity index (χ1v) is 27.8. The van der Waals surface area contributed by atoms with Crippen molar-refractivity contribution in [2.45, 2.75) is 44.6 Å². The molecule has 80 heavy (non-hydrogen) atoms. The number of aromatic amines is 1. The van der Waals surface area contributed by atoms with E-state index >= 15 is 0 Å². The summed E-state index contributed by atoms with van der Waals surface area (Å²) in [6, 6.07) is 46.6. The van der Waals surface area contributed by atoms with Crippen molar-refractivity contribution in [3.63, 3.8) is 0 Å². The van der Waals surface area contributed by atoms with Crippen molar-refractivity contribution in [2.75, 3.05) is 13.6 Å². The predicted molar refractivity (Wildman–Crippen MR) is 319 cm³/mol. The molecule has 10 heteroatoms. The second-order valence-corrected chi connectivity index (χ2v) is 21.2. The van der Waals surface area contributed by atoms with Crippen molar-refractivity contribution in [2.24, 2.45) is 4.99 Å². The van der Waals surface area contributed by atoms with Crippen LogP contribution in [-0.4, -0.2) is 61.8 Å². The molecule has 5 aromatic rings. The van der Waals surface area contributed by atoms with Gasteiger partial charge < -0.3 is 19.5 Å². The maximum atomic E-state index is 13.4. The van der Waals surface area contributed by atoms with Gasteiger partial charge in [0.05, 0.1) is 39.3 Å². The van der Waals surface area contributed by atoms with Crippen LogP contribution >= 0.6 is 0 Å². The summed E-state index contributed by atoms with van der Waals surface area (Å²) in [6.45, 7) is 0.903. The lowest BCUT2D eigenvalue weighted by atomic mass is 9.97. The third-order valence-electron chi connectivity index (χ3n) is 15.9. The van der Waals surface area contributed by atoms with Crippen LogP contribution < -0.4 is 10.3 Å². The Bertz CT molecular complexity index is 3860. The lowest BCUT2D eigenvalue weighted by Gasteiger charge is -2.20. The van der Waals surface area contributed by atoms with Gasteiger partial charge in [-0.25, -0.2) is 20.0 Å². The number of allylic oxidation sites excluding steroid dienone is 14. The summed E-state index contributed by atoms with van der Waals surface area (Å²) >= 11 is 0. The molecule has 1 aliphatic carbocycles. The Morgan fingerprint density at radius 2 is 1.20 bits per heavy atom. The third-order valence-corrected chi connectivity index (χ3v) is 15.9. The van der Waals surface area contributed by atoms with E-state index in [-0.39, 0.29) is 12.1 Å². The topological polar surface area (TPSA) is 117 Å². The first-order chi connectivity index (χ1) is 39.4. The van der Waals surface area contributed by atoms with E-state index in [0.29, 0.717) is 19.3 Å². The zero-order valence-electron chi connectivity index (χ0n) is 44.4. The minimum atomic E-state index is -0.237. The summed E-state index contributed by atoms with van der Waals surface area (Å²) in [5.41, 5.74) is 23.3. The van der Waals surface area contributed by atoms with Gasteiger partial charge in [-0.3, -0.25) is 10.1 Å². The molecule has 1 unspecified atom stereocenters. The van der Waals surface area contributed by atoms with Gasteiger partial charge >= 0.3 is 5.97 Å². The summed E-state index contributed by atoms with van der Waals surface area (Å²) in [4.78, 5) is 42.5. The molecule has 0 amide bonds. The molecule has 8 aliphatic heterocycles. The summed E-state index contributed by atoms with van der Waals surface area (Å²) in [7, 11) is 2.03. The average Bonchev–Trinajstić information content (AvgIpc) is 4.47. The highest BCUT2D eigenvalue weighted by Crippen LogP contribution is 2.44. The number of nitrogens with zero attached hydrogens (tertiary/aromatic N) is 5. The van der Waals surface area contributed by atoms with Crippen molar-refractivity contribution < 1.29 is 19.8 Å². The van der Waals surface area contributed by atoms with Gasteiger partial charge in [0.1, 0.15) is 40.2 Å². The minimum absolute atomic E-state index is 0.138. The van der Waals surface area contributed by atoms with Crippen LogP contribution in [0.5, 0.6) is 0 Å². The molecule has 0 saturated heterocycles. The van der Waals surface area contributed by atoms with Crippen LogP contribution in [0.2, 0.25) is 0 Å². The number of fused-ring (bicyclic) bond motifs is 11. The first-order valence-electron chi connectivity index (χ1n) is 27.8. The van der Waals surface area contributed by atoms with Crippen LogP contribution in [-0.2, 0) is 22.4 Å². The molecule has 0 aromatic heterocycles. The molecule has 1 atom stereocenters. The van der Waals surface area contributed by atoms with Crippen LogP contribution in [0.4, 0.5) is 0 Å². The lowest BCUT2D eigenvalue weighted by molar-refractivity contribution is -0.537. The molecule has 0 saturated carbocycles. The molecule has 9 aliphatic rings. The number of nitrogens with one attached hydrogen (secondary N) is 2. The molecule has 0 fully saturated rings. The number of carbonyl (C=O) groups is 1. The quantitative estimate of drug-likeness (QED) is 0.0878. The van der Waals surface area contributed by atoms with Crippen molar-refractivity contribution >= 4 is 50.7 Å². The highest BCUT2D eigenvalue weighted by Gasteiger charge is 2.36. The number of nitrogens with two attached hydrogens (primary N) is 1. The molecule has 14 rings (SSSR count). The van der Waals surface area contributed by atoms with Gasteiger partial charge in [-0.15, -0.1) is 0 Å². The highest BCUT2D eigenvalue weighted by atomic mass is 16.5. The number of H-pyrrole nitrogens is 1. The zero-order chi connectivity index (χ0) is 53.5. The number of unbranched alkanes of at least 4 members (excludes halogenated alkanes) is 2. The van der Waals surface area contributed by atoms with E-state index < -0.39 is 0 Å². The number of aliphatic imine (C=N–C) groups is 1. The number of hydrogen-bond acceptors (Lipinski definition) is 7. The highest BCUT2D eigenvalue weighted by molar-refractivity contribution is 6.32. The van der Waals surface area contributed by atoms with Gasteiger partial charge in [0.25, 0.3) is 0 Å². The van der Waals surface area contributed by atoms with E-state index in [1.54, 1.807) is 0 Å².